The Balaban J connectivity index is 1.82. The van der Waals surface area contributed by atoms with E-state index < -0.39 is 0 Å². The van der Waals surface area contributed by atoms with E-state index in [4.69, 9.17) is 0 Å². The molecule has 0 bridgehead atoms. The second-order valence-corrected chi connectivity index (χ2v) is 12.4. The highest BCUT2D eigenvalue weighted by atomic mass is 16.3. The van der Waals surface area contributed by atoms with Gasteiger partial charge in [-0.25, -0.2) is 0 Å². The van der Waals surface area contributed by atoms with Crippen molar-refractivity contribution in [2.45, 2.75) is 89.4 Å². The summed E-state index contributed by atoms with van der Waals surface area (Å²) in [6.45, 7) is 12.8. The monoisotopic (exact) mass is 472 g/mol. The van der Waals surface area contributed by atoms with Gasteiger partial charge in [0.1, 0.15) is 17.2 Å². The van der Waals surface area contributed by atoms with Crippen molar-refractivity contribution in [3.05, 3.63) is 88.5 Å². The van der Waals surface area contributed by atoms with E-state index in [2.05, 4.69) is 65.8 Å². The van der Waals surface area contributed by atoms with E-state index in [0.717, 1.165) is 36.8 Å². The minimum atomic E-state index is -0.200. The van der Waals surface area contributed by atoms with Crippen molar-refractivity contribution in [1.82, 2.24) is 0 Å². The lowest BCUT2D eigenvalue weighted by atomic mass is 9.61. The van der Waals surface area contributed by atoms with Crippen molar-refractivity contribution in [2.75, 3.05) is 0 Å². The van der Waals surface area contributed by atoms with Crippen molar-refractivity contribution in [3.8, 4) is 17.2 Å². The van der Waals surface area contributed by atoms with E-state index in [1.165, 1.54) is 16.7 Å². The lowest BCUT2D eigenvalue weighted by molar-refractivity contribution is 0.313. The molecule has 0 atom stereocenters. The number of hydrogen-bond donors (Lipinski definition) is 3. The van der Waals surface area contributed by atoms with Gasteiger partial charge in [0.15, 0.2) is 0 Å². The molecule has 186 valence electrons. The van der Waals surface area contributed by atoms with E-state index >= 15 is 0 Å². The Kier molecular flexibility index (Phi) is 6.42. The van der Waals surface area contributed by atoms with Gasteiger partial charge in [-0.3, -0.25) is 0 Å². The summed E-state index contributed by atoms with van der Waals surface area (Å²) in [4.78, 5) is 0. The molecule has 0 unspecified atom stereocenters. The van der Waals surface area contributed by atoms with Crippen molar-refractivity contribution < 1.29 is 15.3 Å². The molecular formula is C32H40O3. The largest absolute Gasteiger partial charge is 0.508 e. The summed E-state index contributed by atoms with van der Waals surface area (Å²) in [5.41, 5.74) is 5.12. The Morgan fingerprint density at radius 3 is 1.46 bits per heavy atom. The highest BCUT2D eigenvalue weighted by Crippen LogP contribution is 2.51. The molecule has 1 saturated carbocycles. The predicted molar refractivity (Wildman–Crippen MR) is 144 cm³/mol. The number of phenols is 3. The van der Waals surface area contributed by atoms with E-state index in [-0.39, 0.29) is 16.2 Å². The number of benzene rings is 3. The van der Waals surface area contributed by atoms with Crippen LogP contribution in [0.1, 0.15) is 101 Å². The van der Waals surface area contributed by atoms with Crippen LogP contribution in [-0.2, 0) is 16.2 Å². The molecular weight excluding hydrogens is 432 g/mol. The molecule has 3 heteroatoms. The van der Waals surface area contributed by atoms with E-state index in [0.29, 0.717) is 23.2 Å². The fourth-order valence-electron chi connectivity index (χ4n) is 5.80. The molecule has 3 nitrogen and oxygen atoms in total. The zero-order valence-corrected chi connectivity index (χ0v) is 22.0. The van der Waals surface area contributed by atoms with E-state index in [9.17, 15) is 15.3 Å². The molecule has 3 aromatic rings. The fraction of sp³-hybridized carbons (Fsp3) is 0.438. The average molecular weight is 473 g/mol. The summed E-state index contributed by atoms with van der Waals surface area (Å²) in [5.74, 6) is 1.43. The quantitative estimate of drug-likeness (QED) is 0.361. The van der Waals surface area contributed by atoms with Gasteiger partial charge in [-0.05, 0) is 94.5 Å². The van der Waals surface area contributed by atoms with Crippen LogP contribution >= 0.6 is 0 Å². The summed E-state index contributed by atoms with van der Waals surface area (Å²) in [5, 5.41) is 31.1. The Morgan fingerprint density at radius 2 is 1.06 bits per heavy atom. The Morgan fingerprint density at radius 1 is 0.629 bits per heavy atom. The Hall–Kier alpha value is -2.94. The maximum atomic E-state index is 10.7. The van der Waals surface area contributed by atoms with Gasteiger partial charge < -0.3 is 15.3 Å². The lowest BCUT2D eigenvalue weighted by Gasteiger charge is -2.43. The smallest absolute Gasteiger partial charge is 0.119 e. The van der Waals surface area contributed by atoms with Gasteiger partial charge in [0.2, 0.25) is 0 Å². The van der Waals surface area contributed by atoms with Crippen molar-refractivity contribution in [2.24, 2.45) is 0 Å². The molecule has 35 heavy (non-hydrogen) atoms. The zero-order valence-electron chi connectivity index (χ0n) is 22.0. The van der Waals surface area contributed by atoms with Crippen molar-refractivity contribution >= 4 is 0 Å². The first kappa shape index (κ1) is 25.2. The molecule has 1 aliphatic rings. The second kappa shape index (κ2) is 8.93. The molecule has 0 saturated heterocycles. The minimum absolute atomic E-state index is 0.171. The highest BCUT2D eigenvalue weighted by Gasteiger charge is 2.40. The number of rotatable bonds is 3. The minimum Gasteiger partial charge on any atom is -0.508 e. The van der Waals surface area contributed by atoms with Crippen LogP contribution in [0.2, 0.25) is 0 Å². The SMILES string of the molecule is CC(C)(C)c1cc(C2(c3ccc(O)c(C(C)(C)C)c3)CCC(c3ccc(O)cc3)CC2)ccc1O. The molecule has 0 aliphatic heterocycles. The molecule has 1 fully saturated rings. The van der Waals surface area contributed by atoms with Gasteiger partial charge in [-0.2, -0.15) is 0 Å². The Labute approximate surface area is 210 Å². The topological polar surface area (TPSA) is 60.7 Å². The second-order valence-electron chi connectivity index (χ2n) is 12.4. The summed E-state index contributed by atoms with van der Waals surface area (Å²) in [7, 11) is 0. The molecule has 4 rings (SSSR count). The third kappa shape index (κ3) is 4.91. The van der Waals surface area contributed by atoms with Gasteiger partial charge in [0, 0.05) is 5.41 Å². The number of phenolic OH excluding ortho intramolecular Hbond substituents is 3. The molecule has 0 radical (unpaired) electrons. The summed E-state index contributed by atoms with van der Waals surface area (Å²) in [6.07, 6.45) is 4.01. The molecule has 0 spiro atoms. The van der Waals surface area contributed by atoms with Crippen molar-refractivity contribution in [3.63, 3.8) is 0 Å². The first-order chi connectivity index (χ1) is 16.3. The highest BCUT2D eigenvalue weighted by molar-refractivity contribution is 5.51. The van der Waals surface area contributed by atoms with Gasteiger partial charge in [-0.15, -0.1) is 0 Å². The lowest BCUT2D eigenvalue weighted by Crippen LogP contribution is -2.33. The van der Waals surface area contributed by atoms with Crippen LogP contribution in [0, 0.1) is 0 Å². The van der Waals surface area contributed by atoms with Gasteiger partial charge in [0.25, 0.3) is 0 Å². The van der Waals surface area contributed by atoms with Crippen molar-refractivity contribution in [1.29, 1.82) is 0 Å². The maximum absolute atomic E-state index is 10.7. The maximum Gasteiger partial charge on any atom is 0.119 e. The number of hydrogen-bond acceptors (Lipinski definition) is 3. The summed E-state index contributed by atoms with van der Waals surface area (Å²) in [6, 6.07) is 20.0. The molecule has 0 aromatic heterocycles. The van der Waals surface area contributed by atoms with E-state index in [1.54, 1.807) is 12.1 Å². The normalized spacial score (nSPS) is 16.9. The summed E-state index contributed by atoms with van der Waals surface area (Å²) >= 11 is 0. The van der Waals surface area contributed by atoms with Crippen LogP contribution in [0.5, 0.6) is 17.2 Å². The molecule has 0 heterocycles. The summed E-state index contributed by atoms with van der Waals surface area (Å²) < 4.78 is 0. The standard InChI is InChI=1S/C32H40O3/c1-30(2,3)26-19-23(9-13-28(26)34)32(24-10-14-29(35)27(20-24)31(4,5)6)17-15-22(16-18-32)21-7-11-25(33)12-8-21/h7-14,19-20,22,33-35H,15-18H2,1-6H3. The molecule has 3 N–H and O–H groups in total. The third-order valence-corrected chi connectivity index (χ3v) is 7.92. The average Bonchev–Trinajstić information content (AvgIpc) is 2.79. The first-order valence-corrected chi connectivity index (χ1v) is 12.8. The molecule has 3 aromatic carbocycles. The van der Waals surface area contributed by atoms with Gasteiger partial charge in [-0.1, -0.05) is 77.9 Å². The Bertz CT molecular complexity index is 1120. The molecule has 0 amide bonds. The van der Waals surface area contributed by atoms with Crippen LogP contribution in [0.25, 0.3) is 0 Å². The van der Waals surface area contributed by atoms with Crippen LogP contribution in [0.15, 0.2) is 60.7 Å². The van der Waals surface area contributed by atoms with Crippen LogP contribution in [0.3, 0.4) is 0 Å². The van der Waals surface area contributed by atoms with Crippen LogP contribution in [-0.4, -0.2) is 15.3 Å². The first-order valence-electron chi connectivity index (χ1n) is 12.8. The number of aromatic hydroxyl groups is 3. The van der Waals surface area contributed by atoms with E-state index in [1.807, 2.05) is 24.3 Å². The molecule has 1 aliphatic carbocycles. The van der Waals surface area contributed by atoms with Gasteiger partial charge >= 0.3 is 0 Å². The van der Waals surface area contributed by atoms with Crippen LogP contribution in [0.4, 0.5) is 0 Å². The third-order valence-electron chi connectivity index (χ3n) is 7.92. The fourth-order valence-corrected chi connectivity index (χ4v) is 5.80. The van der Waals surface area contributed by atoms with Gasteiger partial charge in [0.05, 0.1) is 0 Å². The van der Waals surface area contributed by atoms with Crippen LogP contribution < -0.4 is 0 Å². The predicted octanol–water partition coefficient (Wildman–Crippen LogP) is 8.04. The zero-order chi connectivity index (χ0) is 25.6.